The first-order chi connectivity index (χ1) is 10.9. The molecule has 0 radical (unpaired) electrons. The number of carbonyl (C=O) groups excluding carboxylic acids is 1. The molecule has 0 aromatic heterocycles. The predicted octanol–water partition coefficient (Wildman–Crippen LogP) is 3.23. The Bertz CT molecular complexity index is 644. The van der Waals surface area contributed by atoms with Gasteiger partial charge in [-0.2, -0.15) is 4.31 Å². The van der Waals surface area contributed by atoms with Crippen LogP contribution in [-0.4, -0.2) is 38.0 Å². The molecular formula is C18H30N2O3S. The van der Waals surface area contributed by atoms with Crippen molar-refractivity contribution in [2.24, 2.45) is 5.92 Å². The lowest BCUT2D eigenvalue weighted by atomic mass is 9.87. The van der Waals surface area contributed by atoms with Crippen molar-refractivity contribution in [3.05, 3.63) is 29.8 Å². The molecule has 0 saturated carbocycles. The minimum Gasteiger partial charge on any atom is -0.325 e. The summed E-state index contributed by atoms with van der Waals surface area (Å²) in [6.07, 6.45) is 1.86. The highest BCUT2D eigenvalue weighted by atomic mass is 32.2. The Morgan fingerprint density at radius 2 is 1.71 bits per heavy atom. The van der Waals surface area contributed by atoms with Gasteiger partial charge in [0.05, 0.1) is 12.8 Å². The molecule has 1 aromatic carbocycles. The minimum absolute atomic E-state index is 0.0481. The van der Waals surface area contributed by atoms with Gasteiger partial charge in [-0.15, -0.1) is 0 Å². The summed E-state index contributed by atoms with van der Waals surface area (Å²) in [7, 11) is -3.40. The average Bonchev–Trinajstić information content (AvgIpc) is 2.41. The monoisotopic (exact) mass is 354 g/mol. The molecule has 1 amide bonds. The lowest BCUT2D eigenvalue weighted by Gasteiger charge is -2.21. The summed E-state index contributed by atoms with van der Waals surface area (Å²) in [5, 5.41) is 2.77. The van der Waals surface area contributed by atoms with Crippen LogP contribution in [0.1, 0.15) is 46.6 Å². The normalized spacial score (nSPS) is 12.7. The summed E-state index contributed by atoms with van der Waals surface area (Å²) in [5.74, 6) is 0.0509. The van der Waals surface area contributed by atoms with E-state index in [1.54, 1.807) is 0 Å². The number of rotatable bonds is 7. The van der Waals surface area contributed by atoms with Gasteiger partial charge >= 0.3 is 0 Å². The molecule has 0 saturated heterocycles. The van der Waals surface area contributed by atoms with Crippen LogP contribution in [-0.2, 0) is 20.2 Å². The van der Waals surface area contributed by atoms with Crippen LogP contribution < -0.4 is 5.32 Å². The molecule has 0 aliphatic rings. The standard InChI is InChI=1S/C18H30N2O3S/c1-14(2)11-12-20(24(6,22)23)13-17(21)19-16-9-7-15(8-10-16)18(3,4)5/h7-10,14H,11-13H2,1-6H3,(H,19,21). The van der Waals surface area contributed by atoms with Gasteiger partial charge in [-0.05, 0) is 35.4 Å². The Hall–Kier alpha value is -1.40. The van der Waals surface area contributed by atoms with Crippen molar-refractivity contribution in [2.75, 3.05) is 24.7 Å². The zero-order valence-electron chi connectivity index (χ0n) is 15.6. The third kappa shape index (κ3) is 7.01. The summed E-state index contributed by atoms with van der Waals surface area (Å²) >= 11 is 0. The number of sulfonamides is 1. The Kier molecular flexibility index (Phi) is 6.98. The molecule has 1 rings (SSSR count). The number of benzene rings is 1. The molecule has 0 unspecified atom stereocenters. The van der Waals surface area contributed by atoms with Crippen LogP contribution in [0.2, 0.25) is 0 Å². The number of anilines is 1. The van der Waals surface area contributed by atoms with Gasteiger partial charge < -0.3 is 5.32 Å². The quantitative estimate of drug-likeness (QED) is 0.817. The Balaban J connectivity index is 2.72. The zero-order chi connectivity index (χ0) is 18.5. The fraction of sp³-hybridized carbons (Fsp3) is 0.611. The van der Waals surface area contributed by atoms with Gasteiger partial charge in [-0.25, -0.2) is 8.42 Å². The molecule has 6 heteroatoms. The maximum atomic E-state index is 12.2. The number of nitrogens with zero attached hydrogens (tertiary/aromatic N) is 1. The second-order valence-electron chi connectivity index (χ2n) is 7.65. The fourth-order valence-corrected chi connectivity index (χ4v) is 2.97. The van der Waals surface area contributed by atoms with E-state index >= 15 is 0 Å². The molecule has 136 valence electrons. The van der Waals surface area contributed by atoms with Crippen molar-refractivity contribution < 1.29 is 13.2 Å². The third-order valence-corrected chi connectivity index (χ3v) is 5.03. The van der Waals surface area contributed by atoms with Crippen molar-refractivity contribution >= 4 is 21.6 Å². The van der Waals surface area contributed by atoms with E-state index in [-0.39, 0.29) is 17.9 Å². The summed E-state index contributed by atoms with van der Waals surface area (Å²) in [6, 6.07) is 7.64. The molecule has 0 atom stereocenters. The first-order valence-electron chi connectivity index (χ1n) is 8.25. The zero-order valence-corrected chi connectivity index (χ0v) is 16.4. The van der Waals surface area contributed by atoms with E-state index in [2.05, 4.69) is 26.1 Å². The smallest absolute Gasteiger partial charge is 0.239 e. The van der Waals surface area contributed by atoms with E-state index in [1.807, 2.05) is 38.1 Å². The van der Waals surface area contributed by atoms with E-state index in [4.69, 9.17) is 0 Å². The number of nitrogens with one attached hydrogen (secondary N) is 1. The van der Waals surface area contributed by atoms with Gasteiger partial charge in [0.2, 0.25) is 15.9 Å². The summed E-state index contributed by atoms with van der Waals surface area (Å²) in [6.45, 7) is 10.6. The Morgan fingerprint density at radius 1 is 1.17 bits per heavy atom. The average molecular weight is 355 g/mol. The van der Waals surface area contributed by atoms with Crippen LogP contribution in [0.25, 0.3) is 0 Å². The Labute approximate surface area is 146 Å². The van der Waals surface area contributed by atoms with Crippen LogP contribution in [0, 0.1) is 5.92 Å². The largest absolute Gasteiger partial charge is 0.325 e. The van der Waals surface area contributed by atoms with Crippen LogP contribution in [0.3, 0.4) is 0 Å². The highest BCUT2D eigenvalue weighted by molar-refractivity contribution is 7.88. The van der Waals surface area contributed by atoms with Crippen LogP contribution in [0.5, 0.6) is 0 Å². The molecule has 0 bridgehead atoms. The van der Waals surface area contributed by atoms with E-state index in [9.17, 15) is 13.2 Å². The molecule has 0 aliphatic heterocycles. The molecule has 5 nitrogen and oxygen atoms in total. The van der Waals surface area contributed by atoms with Crippen molar-refractivity contribution in [1.29, 1.82) is 0 Å². The van der Waals surface area contributed by atoms with Crippen LogP contribution in [0.4, 0.5) is 5.69 Å². The topological polar surface area (TPSA) is 66.5 Å². The van der Waals surface area contributed by atoms with Gasteiger partial charge in [0.25, 0.3) is 0 Å². The lowest BCUT2D eigenvalue weighted by Crippen LogP contribution is -2.38. The lowest BCUT2D eigenvalue weighted by molar-refractivity contribution is -0.116. The minimum atomic E-state index is -3.40. The summed E-state index contributed by atoms with van der Waals surface area (Å²) < 4.78 is 24.9. The van der Waals surface area contributed by atoms with E-state index in [0.29, 0.717) is 18.2 Å². The second kappa shape index (κ2) is 8.12. The van der Waals surface area contributed by atoms with Crippen LogP contribution >= 0.6 is 0 Å². The van der Waals surface area contributed by atoms with Crippen molar-refractivity contribution in [1.82, 2.24) is 4.31 Å². The van der Waals surface area contributed by atoms with Gasteiger partial charge in [-0.1, -0.05) is 46.8 Å². The molecule has 0 aliphatic carbocycles. The molecule has 0 fully saturated rings. The van der Waals surface area contributed by atoms with E-state index in [0.717, 1.165) is 12.7 Å². The highest BCUT2D eigenvalue weighted by Crippen LogP contribution is 2.23. The summed E-state index contributed by atoms with van der Waals surface area (Å²) in [5.41, 5.74) is 1.90. The molecule has 24 heavy (non-hydrogen) atoms. The van der Waals surface area contributed by atoms with Gasteiger partial charge in [0, 0.05) is 12.2 Å². The molecule has 1 aromatic rings. The number of hydrogen-bond acceptors (Lipinski definition) is 3. The van der Waals surface area contributed by atoms with Crippen molar-refractivity contribution in [3.63, 3.8) is 0 Å². The summed E-state index contributed by atoms with van der Waals surface area (Å²) in [4.78, 5) is 12.2. The van der Waals surface area contributed by atoms with E-state index in [1.165, 1.54) is 9.87 Å². The maximum Gasteiger partial charge on any atom is 0.239 e. The molecule has 1 N–H and O–H groups in total. The Morgan fingerprint density at radius 3 is 2.12 bits per heavy atom. The van der Waals surface area contributed by atoms with E-state index < -0.39 is 10.0 Å². The number of hydrogen-bond donors (Lipinski definition) is 1. The van der Waals surface area contributed by atoms with Gasteiger partial charge in [-0.3, -0.25) is 4.79 Å². The highest BCUT2D eigenvalue weighted by Gasteiger charge is 2.20. The fourth-order valence-electron chi connectivity index (χ4n) is 2.18. The van der Waals surface area contributed by atoms with Crippen molar-refractivity contribution in [3.8, 4) is 0 Å². The number of carbonyl (C=O) groups is 1. The first-order valence-corrected chi connectivity index (χ1v) is 10.1. The second-order valence-corrected chi connectivity index (χ2v) is 9.64. The van der Waals surface area contributed by atoms with Crippen molar-refractivity contribution in [2.45, 2.75) is 46.5 Å². The third-order valence-electron chi connectivity index (χ3n) is 3.78. The first kappa shape index (κ1) is 20.6. The van der Waals surface area contributed by atoms with Gasteiger partial charge in [0.1, 0.15) is 0 Å². The van der Waals surface area contributed by atoms with Crippen LogP contribution in [0.15, 0.2) is 24.3 Å². The molecule has 0 heterocycles. The number of amides is 1. The maximum absolute atomic E-state index is 12.2. The predicted molar refractivity (Wildman–Crippen MR) is 99.6 cm³/mol. The SMILES string of the molecule is CC(C)CCN(CC(=O)Nc1ccc(C(C)(C)C)cc1)S(C)(=O)=O. The molecule has 0 spiro atoms. The van der Waals surface area contributed by atoms with Gasteiger partial charge in [0.15, 0.2) is 0 Å². The molecular weight excluding hydrogens is 324 g/mol.